The molecule has 0 aliphatic carbocycles. The van der Waals surface area contributed by atoms with Crippen molar-refractivity contribution in [2.75, 3.05) is 0 Å². The molecule has 0 heterocycles. The van der Waals surface area contributed by atoms with Gasteiger partial charge in [-0.15, -0.1) is 0 Å². The molecule has 0 aliphatic rings. The molecule has 88 valence electrons. The fourth-order valence-electron chi connectivity index (χ4n) is 1.94. The van der Waals surface area contributed by atoms with Gasteiger partial charge in [0, 0.05) is 11.1 Å². The summed E-state index contributed by atoms with van der Waals surface area (Å²) in [5, 5.41) is 29.0. The number of rotatable bonds is 2. The highest BCUT2D eigenvalue weighted by molar-refractivity contribution is 5.76. The Kier molecular flexibility index (Phi) is 2.91. The summed E-state index contributed by atoms with van der Waals surface area (Å²) in [7, 11) is 0. The third-order valence-electron chi connectivity index (χ3n) is 2.78. The molecular weight excluding hydrogens is 216 g/mol. The van der Waals surface area contributed by atoms with E-state index in [0.29, 0.717) is 12.0 Å². The van der Waals surface area contributed by atoms with Gasteiger partial charge in [-0.2, -0.15) is 0 Å². The van der Waals surface area contributed by atoms with Crippen LogP contribution in [-0.4, -0.2) is 15.3 Å². The SMILES string of the molecule is CCc1c(O)cccc1-c1cc(O)ccc1O. The van der Waals surface area contributed by atoms with E-state index in [1.165, 1.54) is 18.2 Å². The predicted molar refractivity (Wildman–Crippen MR) is 66.3 cm³/mol. The molecule has 0 bridgehead atoms. The molecule has 0 saturated carbocycles. The molecule has 0 radical (unpaired) electrons. The topological polar surface area (TPSA) is 60.7 Å². The van der Waals surface area contributed by atoms with Gasteiger partial charge in [-0.1, -0.05) is 19.1 Å². The molecule has 17 heavy (non-hydrogen) atoms. The first-order chi connectivity index (χ1) is 8.13. The number of phenolic OH excluding ortho intramolecular Hbond substituents is 3. The van der Waals surface area contributed by atoms with Crippen molar-refractivity contribution in [1.82, 2.24) is 0 Å². The first-order valence-corrected chi connectivity index (χ1v) is 5.46. The first-order valence-electron chi connectivity index (χ1n) is 5.46. The van der Waals surface area contributed by atoms with Crippen molar-refractivity contribution < 1.29 is 15.3 Å². The molecule has 0 atom stereocenters. The fraction of sp³-hybridized carbons (Fsp3) is 0.143. The predicted octanol–water partition coefficient (Wildman–Crippen LogP) is 3.03. The Bertz CT molecular complexity index is 547. The van der Waals surface area contributed by atoms with Gasteiger partial charge in [0.2, 0.25) is 0 Å². The van der Waals surface area contributed by atoms with Crippen LogP contribution in [0.4, 0.5) is 0 Å². The Morgan fingerprint density at radius 1 is 0.882 bits per heavy atom. The van der Waals surface area contributed by atoms with Gasteiger partial charge in [0.25, 0.3) is 0 Å². The van der Waals surface area contributed by atoms with Crippen LogP contribution in [0.1, 0.15) is 12.5 Å². The zero-order valence-electron chi connectivity index (χ0n) is 9.51. The van der Waals surface area contributed by atoms with Crippen molar-refractivity contribution in [3.63, 3.8) is 0 Å². The molecule has 0 amide bonds. The second-order valence-electron chi connectivity index (χ2n) is 3.86. The number of hydrogen-bond donors (Lipinski definition) is 3. The van der Waals surface area contributed by atoms with E-state index in [2.05, 4.69) is 0 Å². The van der Waals surface area contributed by atoms with Crippen LogP contribution in [0, 0.1) is 0 Å². The van der Waals surface area contributed by atoms with Gasteiger partial charge < -0.3 is 15.3 Å². The smallest absolute Gasteiger partial charge is 0.123 e. The lowest BCUT2D eigenvalue weighted by atomic mass is 9.96. The zero-order chi connectivity index (χ0) is 12.4. The van der Waals surface area contributed by atoms with Crippen LogP contribution in [0.2, 0.25) is 0 Å². The molecule has 0 spiro atoms. The highest BCUT2D eigenvalue weighted by atomic mass is 16.3. The quantitative estimate of drug-likeness (QED) is 0.695. The average Bonchev–Trinajstić information content (AvgIpc) is 2.32. The maximum atomic E-state index is 9.81. The summed E-state index contributed by atoms with van der Waals surface area (Å²) < 4.78 is 0. The van der Waals surface area contributed by atoms with Gasteiger partial charge in [0.1, 0.15) is 17.2 Å². The van der Waals surface area contributed by atoms with Crippen LogP contribution < -0.4 is 0 Å². The highest BCUT2D eigenvalue weighted by Crippen LogP contribution is 2.37. The van der Waals surface area contributed by atoms with E-state index in [0.717, 1.165) is 11.1 Å². The Morgan fingerprint density at radius 3 is 2.35 bits per heavy atom. The van der Waals surface area contributed by atoms with Gasteiger partial charge >= 0.3 is 0 Å². The average molecular weight is 230 g/mol. The number of aromatic hydroxyl groups is 3. The Balaban J connectivity index is 2.68. The molecule has 2 aromatic carbocycles. The van der Waals surface area contributed by atoms with E-state index in [4.69, 9.17) is 0 Å². The van der Waals surface area contributed by atoms with Crippen molar-refractivity contribution in [2.45, 2.75) is 13.3 Å². The van der Waals surface area contributed by atoms with Gasteiger partial charge in [0.05, 0.1) is 0 Å². The minimum absolute atomic E-state index is 0.0862. The first kappa shape index (κ1) is 11.3. The summed E-state index contributed by atoms with van der Waals surface area (Å²) in [4.78, 5) is 0. The molecule has 0 unspecified atom stereocenters. The molecule has 2 rings (SSSR count). The van der Waals surface area contributed by atoms with Crippen LogP contribution in [0.15, 0.2) is 36.4 Å². The Hall–Kier alpha value is -2.16. The van der Waals surface area contributed by atoms with Crippen molar-refractivity contribution >= 4 is 0 Å². The summed E-state index contributed by atoms with van der Waals surface area (Å²) in [6.07, 6.45) is 0.650. The van der Waals surface area contributed by atoms with E-state index in [-0.39, 0.29) is 17.2 Å². The number of phenols is 3. The monoisotopic (exact) mass is 230 g/mol. The second kappa shape index (κ2) is 4.37. The summed E-state index contributed by atoms with van der Waals surface area (Å²) >= 11 is 0. The summed E-state index contributed by atoms with van der Waals surface area (Å²) in [5.74, 6) is 0.374. The van der Waals surface area contributed by atoms with Gasteiger partial charge in [-0.25, -0.2) is 0 Å². The summed E-state index contributed by atoms with van der Waals surface area (Å²) in [6, 6.07) is 9.49. The molecule has 0 saturated heterocycles. The van der Waals surface area contributed by atoms with Crippen LogP contribution in [-0.2, 0) is 6.42 Å². The van der Waals surface area contributed by atoms with E-state index in [1.807, 2.05) is 13.0 Å². The lowest BCUT2D eigenvalue weighted by Crippen LogP contribution is -1.89. The molecular formula is C14H14O3. The van der Waals surface area contributed by atoms with Crippen molar-refractivity contribution in [1.29, 1.82) is 0 Å². The van der Waals surface area contributed by atoms with Gasteiger partial charge in [-0.3, -0.25) is 0 Å². The lowest BCUT2D eigenvalue weighted by molar-refractivity contribution is 0.461. The molecule has 0 fully saturated rings. The highest BCUT2D eigenvalue weighted by Gasteiger charge is 2.11. The second-order valence-corrected chi connectivity index (χ2v) is 3.86. The molecule has 0 aromatic heterocycles. The molecule has 0 aliphatic heterocycles. The lowest BCUT2D eigenvalue weighted by Gasteiger charge is -2.11. The third kappa shape index (κ3) is 2.04. The maximum Gasteiger partial charge on any atom is 0.123 e. The van der Waals surface area contributed by atoms with E-state index < -0.39 is 0 Å². The largest absolute Gasteiger partial charge is 0.508 e. The minimum Gasteiger partial charge on any atom is -0.508 e. The van der Waals surface area contributed by atoms with Crippen LogP contribution in [0.25, 0.3) is 11.1 Å². The molecule has 3 N–H and O–H groups in total. The summed E-state index contributed by atoms with van der Waals surface area (Å²) in [5.41, 5.74) is 2.02. The van der Waals surface area contributed by atoms with Crippen LogP contribution in [0.3, 0.4) is 0 Å². The summed E-state index contributed by atoms with van der Waals surface area (Å²) in [6.45, 7) is 1.93. The standard InChI is InChI=1S/C14H14O3/c1-2-10-11(4-3-5-13(10)16)12-8-9(15)6-7-14(12)17/h3-8,15-17H,2H2,1H3. The molecule has 3 heteroatoms. The third-order valence-corrected chi connectivity index (χ3v) is 2.78. The zero-order valence-corrected chi connectivity index (χ0v) is 9.51. The maximum absolute atomic E-state index is 9.81. The number of benzene rings is 2. The number of hydrogen-bond acceptors (Lipinski definition) is 3. The Labute approximate surface area is 99.6 Å². The van der Waals surface area contributed by atoms with E-state index in [9.17, 15) is 15.3 Å². The minimum atomic E-state index is 0.0862. The molecule has 2 aromatic rings. The fourth-order valence-corrected chi connectivity index (χ4v) is 1.94. The van der Waals surface area contributed by atoms with E-state index in [1.54, 1.807) is 12.1 Å². The van der Waals surface area contributed by atoms with E-state index >= 15 is 0 Å². The van der Waals surface area contributed by atoms with Crippen molar-refractivity contribution in [3.05, 3.63) is 42.0 Å². The molecule has 3 nitrogen and oxygen atoms in total. The van der Waals surface area contributed by atoms with Gasteiger partial charge in [0.15, 0.2) is 0 Å². The van der Waals surface area contributed by atoms with Gasteiger partial charge in [-0.05, 0) is 36.2 Å². The van der Waals surface area contributed by atoms with Crippen molar-refractivity contribution in [3.8, 4) is 28.4 Å². The van der Waals surface area contributed by atoms with Crippen LogP contribution in [0.5, 0.6) is 17.2 Å². The Morgan fingerprint density at radius 2 is 1.65 bits per heavy atom. The van der Waals surface area contributed by atoms with Crippen LogP contribution >= 0.6 is 0 Å². The van der Waals surface area contributed by atoms with Crippen molar-refractivity contribution in [2.24, 2.45) is 0 Å². The normalized spacial score (nSPS) is 10.4.